The minimum absolute atomic E-state index is 0.0356. The first-order valence-electron chi connectivity index (χ1n) is 7.80. The average Bonchev–Trinajstić information content (AvgIpc) is 2.37. The second kappa shape index (κ2) is 9.41. The van der Waals surface area contributed by atoms with Crippen LogP contribution in [0.3, 0.4) is 0 Å². The Bertz CT molecular complexity index is 215. The van der Waals surface area contributed by atoms with Gasteiger partial charge in [-0.15, -0.1) is 0 Å². The first-order valence-corrected chi connectivity index (χ1v) is 7.80. The molecule has 0 aromatic heterocycles. The van der Waals surface area contributed by atoms with Crippen LogP contribution in [0.5, 0.6) is 0 Å². The van der Waals surface area contributed by atoms with Gasteiger partial charge >= 0.3 is 5.97 Å². The number of hydrogen-bond donors (Lipinski definition) is 1. The summed E-state index contributed by atoms with van der Waals surface area (Å²) in [5.41, 5.74) is 0.0356. The van der Waals surface area contributed by atoms with E-state index in [0.29, 0.717) is 0 Å². The van der Waals surface area contributed by atoms with E-state index in [9.17, 15) is 9.90 Å². The summed E-state index contributed by atoms with van der Waals surface area (Å²) in [5, 5.41) is 9.57. The van der Waals surface area contributed by atoms with Gasteiger partial charge in [-0.1, -0.05) is 59.8 Å². The Morgan fingerprint density at radius 2 is 1.50 bits per heavy atom. The molecule has 0 saturated carbocycles. The third kappa shape index (κ3) is 4.99. The molecule has 0 heterocycles. The molecule has 0 spiro atoms. The average molecular weight is 256 g/mol. The van der Waals surface area contributed by atoms with Crippen molar-refractivity contribution in [1.29, 1.82) is 0 Å². The Hall–Kier alpha value is -0.530. The summed E-state index contributed by atoms with van der Waals surface area (Å²) >= 11 is 0. The molecule has 0 aromatic carbocycles. The molecule has 1 unspecified atom stereocenters. The Kier molecular flexibility index (Phi) is 9.13. The van der Waals surface area contributed by atoms with Crippen LogP contribution in [0.25, 0.3) is 0 Å². The number of carboxylic acid groups (broad SMARTS) is 1. The maximum atomic E-state index is 11.6. The molecule has 1 atom stereocenters. The molecule has 0 amide bonds. The van der Waals surface area contributed by atoms with Gasteiger partial charge in [-0.25, -0.2) is 0 Å². The van der Waals surface area contributed by atoms with E-state index in [1.54, 1.807) is 0 Å². The molecule has 0 aliphatic heterocycles. The van der Waals surface area contributed by atoms with Crippen molar-refractivity contribution in [1.82, 2.24) is 0 Å². The van der Waals surface area contributed by atoms with Gasteiger partial charge in [-0.2, -0.15) is 0 Å². The van der Waals surface area contributed by atoms with Gasteiger partial charge in [0.1, 0.15) is 0 Å². The molecule has 0 aromatic rings. The fourth-order valence-corrected chi connectivity index (χ4v) is 3.11. The van der Waals surface area contributed by atoms with Gasteiger partial charge in [-0.05, 0) is 31.1 Å². The van der Waals surface area contributed by atoms with E-state index in [1.807, 2.05) is 0 Å². The third-order valence-corrected chi connectivity index (χ3v) is 4.38. The number of carbonyl (C=O) groups is 1. The predicted molar refractivity (Wildman–Crippen MR) is 77.8 cm³/mol. The fraction of sp³-hybridized carbons (Fsp3) is 0.938. The highest BCUT2D eigenvalue weighted by Crippen LogP contribution is 2.44. The lowest BCUT2D eigenvalue weighted by Gasteiger charge is -2.38. The zero-order valence-corrected chi connectivity index (χ0v) is 12.8. The van der Waals surface area contributed by atoms with E-state index in [2.05, 4.69) is 27.7 Å². The summed E-state index contributed by atoms with van der Waals surface area (Å²) in [4.78, 5) is 11.6. The predicted octanol–water partition coefficient (Wildman–Crippen LogP) is 5.26. The smallest absolute Gasteiger partial charge is 0.307 e. The summed E-state index contributed by atoms with van der Waals surface area (Å²) in [7, 11) is 0. The molecular weight excluding hydrogens is 224 g/mol. The van der Waals surface area contributed by atoms with Crippen molar-refractivity contribution in [2.24, 2.45) is 11.3 Å². The van der Waals surface area contributed by atoms with Gasteiger partial charge in [0.05, 0.1) is 5.92 Å². The maximum Gasteiger partial charge on any atom is 0.307 e. The van der Waals surface area contributed by atoms with Crippen LogP contribution in [0, 0.1) is 11.3 Å². The van der Waals surface area contributed by atoms with Crippen LogP contribution in [0.4, 0.5) is 0 Å². The summed E-state index contributed by atoms with van der Waals surface area (Å²) in [6, 6.07) is 0. The van der Waals surface area contributed by atoms with E-state index >= 15 is 0 Å². The molecule has 2 heteroatoms. The first kappa shape index (κ1) is 17.5. The quantitative estimate of drug-likeness (QED) is 0.547. The van der Waals surface area contributed by atoms with Crippen molar-refractivity contribution in [2.75, 3.05) is 0 Å². The van der Waals surface area contributed by atoms with E-state index in [4.69, 9.17) is 0 Å². The SMILES string of the molecule is CCCCC(CC)(CCCC)C(CCC)C(=O)O. The summed E-state index contributed by atoms with van der Waals surface area (Å²) < 4.78 is 0. The first-order chi connectivity index (χ1) is 8.57. The number of aliphatic carboxylic acids is 1. The fourth-order valence-electron chi connectivity index (χ4n) is 3.11. The van der Waals surface area contributed by atoms with Crippen LogP contribution < -0.4 is 0 Å². The van der Waals surface area contributed by atoms with Gasteiger partial charge in [0.2, 0.25) is 0 Å². The van der Waals surface area contributed by atoms with Crippen molar-refractivity contribution < 1.29 is 9.90 Å². The van der Waals surface area contributed by atoms with Crippen LogP contribution in [0.1, 0.15) is 85.5 Å². The highest BCUT2D eigenvalue weighted by Gasteiger charge is 2.39. The number of carboxylic acids is 1. The molecule has 0 saturated heterocycles. The van der Waals surface area contributed by atoms with Gasteiger partial charge < -0.3 is 5.11 Å². The van der Waals surface area contributed by atoms with Crippen LogP contribution in [-0.4, -0.2) is 11.1 Å². The Morgan fingerprint density at radius 3 is 1.78 bits per heavy atom. The number of rotatable bonds is 11. The van der Waals surface area contributed by atoms with Crippen molar-refractivity contribution in [3.8, 4) is 0 Å². The number of unbranched alkanes of at least 4 members (excludes halogenated alkanes) is 2. The summed E-state index contributed by atoms with van der Waals surface area (Å²) in [5.74, 6) is -0.725. The number of hydrogen-bond acceptors (Lipinski definition) is 1. The Morgan fingerprint density at radius 1 is 1.00 bits per heavy atom. The van der Waals surface area contributed by atoms with E-state index in [1.165, 1.54) is 0 Å². The minimum Gasteiger partial charge on any atom is -0.481 e. The monoisotopic (exact) mass is 256 g/mol. The summed E-state index contributed by atoms with van der Waals surface area (Å²) in [6.07, 6.45) is 9.60. The zero-order valence-electron chi connectivity index (χ0n) is 12.8. The second-order valence-electron chi connectivity index (χ2n) is 5.60. The van der Waals surface area contributed by atoms with E-state index < -0.39 is 5.97 Å². The second-order valence-corrected chi connectivity index (χ2v) is 5.60. The molecule has 0 rings (SSSR count). The molecule has 108 valence electrons. The van der Waals surface area contributed by atoms with E-state index in [0.717, 1.165) is 57.8 Å². The highest BCUT2D eigenvalue weighted by atomic mass is 16.4. The molecule has 0 radical (unpaired) electrons. The Balaban J connectivity index is 5.00. The van der Waals surface area contributed by atoms with Crippen molar-refractivity contribution in [3.63, 3.8) is 0 Å². The van der Waals surface area contributed by atoms with Gasteiger partial charge in [0, 0.05) is 0 Å². The topological polar surface area (TPSA) is 37.3 Å². The minimum atomic E-state index is -0.578. The molecular formula is C16H32O2. The molecule has 18 heavy (non-hydrogen) atoms. The van der Waals surface area contributed by atoms with Crippen LogP contribution in [0.2, 0.25) is 0 Å². The molecule has 1 N–H and O–H groups in total. The lowest BCUT2D eigenvalue weighted by molar-refractivity contribution is -0.148. The van der Waals surface area contributed by atoms with Crippen LogP contribution in [0.15, 0.2) is 0 Å². The molecule has 0 fully saturated rings. The van der Waals surface area contributed by atoms with Gasteiger partial charge in [0.25, 0.3) is 0 Å². The van der Waals surface area contributed by atoms with Gasteiger partial charge in [-0.3, -0.25) is 4.79 Å². The molecule has 0 aliphatic carbocycles. The van der Waals surface area contributed by atoms with Crippen LogP contribution in [-0.2, 0) is 4.79 Å². The van der Waals surface area contributed by atoms with Gasteiger partial charge in [0.15, 0.2) is 0 Å². The molecule has 2 nitrogen and oxygen atoms in total. The zero-order chi connectivity index (χ0) is 14.0. The van der Waals surface area contributed by atoms with Crippen molar-refractivity contribution in [3.05, 3.63) is 0 Å². The lowest BCUT2D eigenvalue weighted by Crippen LogP contribution is -2.36. The largest absolute Gasteiger partial charge is 0.481 e. The summed E-state index contributed by atoms with van der Waals surface area (Å²) in [6.45, 7) is 8.65. The van der Waals surface area contributed by atoms with Crippen molar-refractivity contribution in [2.45, 2.75) is 85.5 Å². The third-order valence-electron chi connectivity index (χ3n) is 4.38. The van der Waals surface area contributed by atoms with E-state index in [-0.39, 0.29) is 11.3 Å². The Labute approximate surface area is 113 Å². The van der Waals surface area contributed by atoms with Crippen LogP contribution >= 0.6 is 0 Å². The molecule has 0 aliphatic rings. The normalized spacial score (nSPS) is 13.6. The van der Waals surface area contributed by atoms with Crippen molar-refractivity contribution >= 4 is 5.97 Å². The lowest BCUT2D eigenvalue weighted by atomic mass is 9.65. The maximum absolute atomic E-state index is 11.6. The molecule has 0 bridgehead atoms. The highest BCUT2D eigenvalue weighted by molar-refractivity contribution is 5.71. The standard InChI is InChI=1S/C16H32O2/c1-5-9-12-16(8-4,13-10-6-2)14(11-7-3)15(17)18/h14H,5-13H2,1-4H3,(H,17,18).